The van der Waals surface area contributed by atoms with Crippen LogP contribution >= 0.6 is 0 Å². The molecule has 2 rings (SSSR count). The lowest BCUT2D eigenvalue weighted by atomic mass is 9.99. The number of aryl methyl sites for hydroxylation is 2. The number of hydrogen-bond acceptors (Lipinski definition) is 2. The van der Waals surface area contributed by atoms with Crippen molar-refractivity contribution < 1.29 is 10.2 Å². The first-order valence-electron chi connectivity index (χ1n) is 8.47. The summed E-state index contributed by atoms with van der Waals surface area (Å²) in [6.07, 6.45) is 3.99. The predicted octanol–water partition coefficient (Wildman–Crippen LogP) is 4.17. The van der Waals surface area contributed by atoms with Crippen LogP contribution < -0.4 is 0 Å². The monoisotopic (exact) mass is 314 g/mol. The minimum atomic E-state index is 0.241. The van der Waals surface area contributed by atoms with E-state index in [2.05, 4.69) is 44.2 Å². The topological polar surface area (TPSA) is 40.5 Å². The molecule has 0 spiro atoms. The molecule has 2 nitrogen and oxygen atoms in total. The van der Waals surface area contributed by atoms with Crippen LogP contribution in [0.5, 0.6) is 0 Å². The fourth-order valence-electron chi connectivity index (χ4n) is 2.43. The smallest absolute Gasteiger partial charge is 0.0471 e. The molecule has 0 aromatic heterocycles. The van der Waals surface area contributed by atoms with Crippen molar-refractivity contribution in [2.24, 2.45) is 5.92 Å². The highest BCUT2D eigenvalue weighted by Gasteiger charge is 2.01. The van der Waals surface area contributed by atoms with E-state index in [0.717, 1.165) is 19.3 Å². The molecule has 0 bridgehead atoms. The van der Waals surface area contributed by atoms with E-state index < -0.39 is 0 Å². The summed E-state index contributed by atoms with van der Waals surface area (Å²) in [6, 6.07) is 18.6. The molecule has 1 unspecified atom stereocenters. The molecule has 0 radical (unpaired) electrons. The maximum atomic E-state index is 8.73. The Labute approximate surface area is 140 Å². The molecule has 0 aliphatic heterocycles. The summed E-state index contributed by atoms with van der Waals surface area (Å²) < 4.78 is 0. The number of aliphatic hydroxyl groups is 2. The van der Waals surface area contributed by atoms with Crippen LogP contribution in [0.3, 0.4) is 0 Å². The predicted molar refractivity (Wildman–Crippen MR) is 97.6 cm³/mol. The largest absolute Gasteiger partial charge is 0.396 e. The normalized spacial score (nSPS) is 11.5. The minimum Gasteiger partial charge on any atom is -0.396 e. The van der Waals surface area contributed by atoms with Crippen LogP contribution in [-0.4, -0.2) is 23.4 Å². The Bertz CT molecular complexity index is 522. The van der Waals surface area contributed by atoms with Gasteiger partial charge in [-0.1, -0.05) is 61.5 Å². The van der Waals surface area contributed by atoms with Gasteiger partial charge in [-0.05, 0) is 55.2 Å². The Morgan fingerprint density at radius 3 is 2.04 bits per heavy atom. The van der Waals surface area contributed by atoms with Crippen LogP contribution in [0.2, 0.25) is 0 Å². The molecule has 23 heavy (non-hydrogen) atoms. The molecule has 2 aromatic rings. The molecule has 0 saturated heterocycles. The van der Waals surface area contributed by atoms with Gasteiger partial charge in [-0.3, -0.25) is 0 Å². The number of benzene rings is 2. The molecule has 0 fully saturated rings. The Morgan fingerprint density at radius 2 is 1.43 bits per heavy atom. The Morgan fingerprint density at radius 1 is 0.783 bits per heavy atom. The highest BCUT2D eigenvalue weighted by molar-refractivity contribution is 5.25. The zero-order valence-electron chi connectivity index (χ0n) is 14.4. The van der Waals surface area contributed by atoms with Gasteiger partial charge in [0.15, 0.2) is 0 Å². The van der Waals surface area contributed by atoms with Crippen molar-refractivity contribution in [1.82, 2.24) is 0 Å². The lowest BCUT2D eigenvalue weighted by molar-refractivity contribution is 0.258. The fraction of sp³-hybridized carbons (Fsp3) is 0.429. The standard InChI is InChI=1S/C12H18O.C9H12O/c1-11(9-10-13)7-8-12-5-3-2-4-6-12;1-8-4-2-3-5-9(8)6-7-10/h2-6,11,13H,7-10H2,1H3;2-5,10H,6-7H2,1H3. The summed E-state index contributed by atoms with van der Waals surface area (Å²) in [5, 5.41) is 17.4. The first-order valence-corrected chi connectivity index (χ1v) is 8.47. The number of aliphatic hydroxyl groups excluding tert-OH is 2. The van der Waals surface area contributed by atoms with Crippen molar-refractivity contribution in [2.75, 3.05) is 13.2 Å². The van der Waals surface area contributed by atoms with Gasteiger partial charge in [0.1, 0.15) is 0 Å². The highest BCUT2D eigenvalue weighted by Crippen LogP contribution is 2.11. The van der Waals surface area contributed by atoms with Gasteiger partial charge < -0.3 is 10.2 Å². The van der Waals surface area contributed by atoms with Crippen molar-refractivity contribution >= 4 is 0 Å². The first-order chi connectivity index (χ1) is 11.2. The van der Waals surface area contributed by atoms with Crippen molar-refractivity contribution in [3.8, 4) is 0 Å². The average molecular weight is 314 g/mol. The summed E-state index contributed by atoms with van der Waals surface area (Å²) in [5.41, 5.74) is 3.90. The zero-order chi connectivity index (χ0) is 16.9. The van der Waals surface area contributed by atoms with E-state index >= 15 is 0 Å². The Kier molecular flexibility index (Phi) is 10.0. The minimum absolute atomic E-state index is 0.241. The Balaban J connectivity index is 0.000000238. The molecular weight excluding hydrogens is 284 g/mol. The zero-order valence-corrected chi connectivity index (χ0v) is 14.4. The third-order valence-corrected chi connectivity index (χ3v) is 4.03. The molecule has 1 atom stereocenters. The molecule has 126 valence electrons. The maximum absolute atomic E-state index is 8.73. The summed E-state index contributed by atoms with van der Waals surface area (Å²) in [6.45, 7) is 4.81. The fourth-order valence-corrected chi connectivity index (χ4v) is 2.43. The van der Waals surface area contributed by atoms with Crippen molar-refractivity contribution in [1.29, 1.82) is 0 Å². The van der Waals surface area contributed by atoms with Crippen LogP contribution in [-0.2, 0) is 12.8 Å². The van der Waals surface area contributed by atoms with Gasteiger partial charge in [-0.15, -0.1) is 0 Å². The lowest BCUT2D eigenvalue weighted by Gasteiger charge is -2.08. The van der Waals surface area contributed by atoms with E-state index in [0.29, 0.717) is 12.5 Å². The molecule has 2 aromatic carbocycles. The van der Waals surface area contributed by atoms with Crippen molar-refractivity contribution in [3.63, 3.8) is 0 Å². The second-order valence-electron chi connectivity index (χ2n) is 6.04. The maximum Gasteiger partial charge on any atom is 0.0471 e. The van der Waals surface area contributed by atoms with E-state index in [1.807, 2.05) is 24.3 Å². The third kappa shape index (κ3) is 8.53. The summed E-state index contributed by atoms with van der Waals surface area (Å²) >= 11 is 0. The molecule has 0 aliphatic rings. The molecule has 2 N–H and O–H groups in total. The van der Waals surface area contributed by atoms with Crippen LogP contribution in [0.4, 0.5) is 0 Å². The van der Waals surface area contributed by atoms with E-state index in [-0.39, 0.29) is 6.61 Å². The van der Waals surface area contributed by atoms with Crippen LogP contribution in [0.25, 0.3) is 0 Å². The number of hydrogen-bond donors (Lipinski definition) is 2. The van der Waals surface area contributed by atoms with Gasteiger partial charge in [-0.25, -0.2) is 0 Å². The second-order valence-corrected chi connectivity index (χ2v) is 6.04. The summed E-state index contributed by atoms with van der Waals surface area (Å²) in [5.74, 6) is 0.630. The van der Waals surface area contributed by atoms with E-state index in [9.17, 15) is 0 Å². The molecule has 0 saturated carbocycles. The summed E-state index contributed by atoms with van der Waals surface area (Å²) in [4.78, 5) is 0. The molecular formula is C21H30O2. The van der Waals surface area contributed by atoms with Gasteiger partial charge in [-0.2, -0.15) is 0 Å². The van der Waals surface area contributed by atoms with Gasteiger partial charge in [0.2, 0.25) is 0 Å². The van der Waals surface area contributed by atoms with Crippen molar-refractivity contribution in [3.05, 3.63) is 71.3 Å². The van der Waals surface area contributed by atoms with Crippen LogP contribution in [0.1, 0.15) is 36.5 Å². The van der Waals surface area contributed by atoms with Crippen LogP contribution in [0.15, 0.2) is 54.6 Å². The van der Waals surface area contributed by atoms with E-state index in [1.165, 1.54) is 23.1 Å². The summed E-state index contributed by atoms with van der Waals surface area (Å²) in [7, 11) is 0. The highest BCUT2D eigenvalue weighted by atomic mass is 16.3. The van der Waals surface area contributed by atoms with Crippen LogP contribution in [0, 0.1) is 12.8 Å². The Hall–Kier alpha value is -1.64. The molecule has 0 amide bonds. The van der Waals surface area contributed by atoms with Crippen molar-refractivity contribution in [2.45, 2.75) is 39.5 Å². The third-order valence-electron chi connectivity index (χ3n) is 4.03. The van der Waals surface area contributed by atoms with E-state index in [4.69, 9.17) is 10.2 Å². The molecule has 2 heteroatoms. The van der Waals surface area contributed by atoms with Gasteiger partial charge >= 0.3 is 0 Å². The quantitative estimate of drug-likeness (QED) is 0.805. The van der Waals surface area contributed by atoms with Gasteiger partial charge in [0, 0.05) is 13.2 Å². The second kappa shape index (κ2) is 11.9. The van der Waals surface area contributed by atoms with E-state index in [1.54, 1.807) is 0 Å². The lowest BCUT2D eigenvalue weighted by Crippen LogP contribution is -1.99. The van der Waals surface area contributed by atoms with Gasteiger partial charge in [0.25, 0.3) is 0 Å². The number of rotatable bonds is 7. The first kappa shape index (κ1) is 19.4. The average Bonchev–Trinajstić information content (AvgIpc) is 2.57. The molecule has 0 aliphatic carbocycles. The van der Waals surface area contributed by atoms with Gasteiger partial charge in [0.05, 0.1) is 0 Å². The molecule has 0 heterocycles. The SMILES string of the molecule is CC(CCO)CCc1ccccc1.Cc1ccccc1CCO.